The van der Waals surface area contributed by atoms with Crippen LogP contribution in [0, 0.1) is 11.7 Å². The molecule has 0 bridgehead atoms. The van der Waals surface area contributed by atoms with Crippen molar-refractivity contribution in [2.24, 2.45) is 5.92 Å². The second kappa shape index (κ2) is 6.55. The van der Waals surface area contributed by atoms with E-state index in [4.69, 9.17) is 0 Å². The summed E-state index contributed by atoms with van der Waals surface area (Å²) in [5, 5.41) is 3.32. The molecule has 0 saturated carbocycles. The maximum Gasteiger partial charge on any atom is 0.123 e. The highest BCUT2D eigenvalue weighted by Gasteiger charge is 2.04. The van der Waals surface area contributed by atoms with Crippen LogP contribution in [0.15, 0.2) is 30.3 Å². The summed E-state index contributed by atoms with van der Waals surface area (Å²) in [5.74, 6) is 0.795. The van der Waals surface area contributed by atoms with E-state index in [0.29, 0.717) is 0 Å². The van der Waals surface area contributed by atoms with Crippen LogP contribution in [0.5, 0.6) is 0 Å². The van der Waals surface area contributed by atoms with Crippen LogP contribution >= 0.6 is 0 Å². The molecule has 1 aliphatic heterocycles. The Bertz CT molecular complexity index is 229. The largest absolute Gasteiger partial charge is 0.317 e. The van der Waals surface area contributed by atoms with Crippen LogP contribution < -0.4 is 5.32 Å². The van der Waals surface area contributed by atoms with Crippen molar-refractivity contribution in [3.05, 3.63) is 36.1 Å². The SMILES string of the molecule is CC1CCNCC1.Fc1ccccc1. The van der Waals surface area contributed by atoms with Gasteiger partial charge in [-0.15, -0.1) is 0 Å². The van der Waals surface area contributed by atoms with E-state index >= 15 is 0 Å². The average Bonchev–Trinajstić information content (AvgIpc) is 2.21. The fourth-order valence-electron chi connectivity index (χ4n) is 1.38. The van der Waals surface area contributed by atoms with Gasteiger partial charge in [0.25, 0.3) is 0 Å². The summed E-state index contributed by atoms with van der Waals surface area (Å²) in [6.07, 6.45) is 2.75. The zero-order valence-corrected chi connectivity index (χ0v) is 8.67. The maximum absolute atomic E-state index is 11.9. The summed E-state index contributed by atoms with van der Waals surface area (Å²) in [6.45, 7) is 4.79. The standard InChI is InChI=1S/C6H5F.C6H13N/c7-6-4-2-1-3-5-6;1-6-2-4-7-5-3-6/h1-5H;6-7H,2-5H2,1H3. The summed E-state index contributed by atoms with van der Waals surface area (Å²) in [7, 11) is 0. The Morgan fingerprint density at radius 1 is 1.14 bits per heavy atom. The van der Waals surface area contributed by atoms with E-state index in [9.17, 15) is 4.39 Å². The Morgan fingerprint density at radius 3 is 2.00 bits per heavy atom. The van der Waals surface area contributed by atoms with Gasteiger partial charge < -0.3 is 5.32 Å². The number of benzene rings is 1. The van der Waals surface area contributed by atoms with Crippen molar-refractivity contribution in [2.75, 3.05) is 13.1 Å². The predicted molar refractivity (Wildman–Crippen MR) is 57.7 cm³/mol. The minimum atomic E-state index is -0.178. The maximum atomic E-state index is 11.9. The van der Waals surface area contributed by atoms with Gasteiger partial charge >= 0.3 is 0 Å². The molecular weight excluding hydrogens is 177 g/mol. The Kier molecular flexibility index (Phi) is 5.23. The highest BCUT2D eigenvalue weighted by Crippen LogP contribution is 2.08. The van der Waals surface area contributed by atoms with Crippen molar-refractivity contribution < 1.29 is 4.39 Å². The molecule has 1 aromatic rings. The fourth-order valence-corrected chi connectivity index (χ4v) is 1.38. The molecule has 0 atom stereocenters. The predicted octanol–water partition coefficient (Wildman–Crippen LogP) is 2.83. The van der Waals surface area contributed by atoms with Crippen LogP contribution in [-0.4, -0.2) is 13.1 Å². The Balaban J connectivity index is 0.000000140. The molecule has 2 heteroatoms. The second-order valence-electron chi connectivity index (χ2n) is 3.73. The van der Waals surface area contributed by atoms with Gasteiger partial charge in [-0.1, -0.05) is 25.1 Å². The molecule has 1 aliphatic rings. The van der Waals surface area contributed by atoms with Crippen LogP contribution in [0.2, 0.25) is 0 Å². The third kappa shape index (κ3) is 4.97. The van der Waals surface area contributed by atoms with E-state index < -0.39 is 0 Å². The topological polar surface area (TPSA) is 12.0 Å². The van der Waals surface area contributed by atoms with E-state index in [2.05, 4.69) is 12.2 Å². The molecule has 1 fully saturated rings. The molecule has 78 valence electrons. The lowest BCUT2D eigenvalue weighted by molar-refractivity contribution is 0.402. The van der Waals surface area contributed by atoms with Crippen molar-refractivity contribution in [1.82, 2.24) is 5.32 Å². The van der Waals surface area contributed by atoms with Crippen LogP contribution in [0.3, 0.4) is 0 Å². The highest BCUT2D eigenvalue weighted by atomic mass is 19.1. The van der Waals surface area contributed by atoms with Crippen LogP contribution in [0.4, 0.5) is 4.39 Å². The molecule has 1 saturated heterocycles. The van der Waals surface area contributed by atoms with Gasteiger partial charge in [0.15, 0.2) is 0 Å². The first-order valence-corrected chi connectivity index (χ1v) is 5.20. The molecule has 0 aromatic heterocycles. The lowest BCUT2D eigenvalue weighted by atomic mass is 10.0. The van der Waals surface area contributed by atoms with Crippen LogP contribution in [0.1, 0.15) is 19.8 Å². The van der Waals surface area contributed by atoms with Gasteiger partial charge in [-0.05, 0) is 44.0 Å². The molecule has 1 N–H and O–H groups in total. The van der Waals surface area contributed by atoms with E-state index in [0.717, 1.165) is 5.92 Å². The van der Waals surface area contributed by atoms with Gasteiger partial charge in [0, 0.05) is 0 Å². The number of rotatable bonds is 0. The van der Waals surface area contributed by atoms with Gasteiger partial charge in [0.05, 0.1) is 0 Å². The molecule has 0 radical (unpaired) electrons. The van der Waals surface area contributed by atoms with E-state index in [1.54, 1.807) is 18.2 Å². The minimum absolute atomic E-state index is 0.178. The molecule has 0 aliphatic carbocycles. The lowest BCUT2D eigenvalue weighted by Gasteiger charge is -2.17. The zero-order valence-electron chi connectivity index (χ0n) is 8.67. The number of hydrogen-bond acceptors (Lipinski definition) is 1. The zero-order chi connectivity index (χ0) is 10.2. The lowest BCUT2D eigenvalue weighted by Crippen LogP contribution is -2.26. The summed E-state index contributed by atoms with van der Waals surface area (Å²) in [5.41, 5.74) is 0. The Morgan fingerprint density at radius 2 is 1.71 bits per heavy atom. The third-order valence-electron chi connectivity index (χ3n) is 2.36. The van der Waals surface area contributed by atoms with E-state index in [1.165, 1.54) is 38.1 Å². The molecule has 1 nitrogen and oxygen atoms in total. The van der Waals surface area contributed by atoms with Gasteiger partial charge in [-0.2, -0.15) is 0 Å². The van der Waals surface area contributed by atoms with E-state index in [1.807, 2.05) is 0 Å². The normalized spacial score (nSPS) is 17.0. The first kappa shape index (κ1) is 11.2. The number of piperidine rings is 1. The quantitative estimate of drug-likeness (QED) is 0.671. The summed E-state index contributed by atoms with van der Waals surface area (Å²) >= 11 is 0. The summed E-state index contributed by atoms with van der Waals surface area (Å²) < 4.78 is 11.9. The number of nitrogens with one attached hydrogen (secondary N) is 1. The van der Waals surface area contributed by atoms with Crippen molar-refractivity contribution in [3.63, 3.8) is 0 Å². The van der Waals surface area contributed by atoms with E-state index in [-0.39, 0.29) is 5.82 Å². The summed E-state index contributed by atoms with van der Waals surface area (Å²) in [4.78, 5) is 0. The minimum Gasteiger partial charge on any atom is -0.317 e. The smallest absolute Gasteiger partial charge is 0.123 e. The first-order chi connectivity index (χ1) is 6.79. The summed E-state index contributed by atoms with van der Waals surface area (Å²) in [6, 6.07) is 7.94. The van der Waals surface area contributed by atoms with Gasteiger partial charge in [0.2, 0.25) is 0 Å². The molecule has 1 heterocycles. The van der Waals surface area contributed by atoms with Crippen LogP contribution in [0.25, 0.3) is 0 Å². The number of hydrogen-bond donors (Lipinski definition) is 1. The molecule has 0 unspecified atom stereocenters. The second-order valence-corrected chi connectivity index (χ2v) is 3.73. The van der Waals surface area contributed by atoms with Crippen molar-refractivity contribution in [3.8, 4) is 0 Å². The van der Waals surface area contributed by atoms with Gasteiger partial charge in [-0.3, -0.25) is 0 Å². The Hall–Kier alpha value is -0.890. The molecular formula is C12H18FN. The van der Waals surface area contributed by atoms with Crippen LogP contribution in [-0.2, 0) is 0 Å². The molecule has 0 spiro atoms. The fraction of sp³-hybridized carbons (Fsp3) is 0.500. The number of halogens is 1. The molecule has 1 aromatic carbocycles. The van der Waals surface area contributed by atoms with Gasteiger partial charge in [0.1, 0.15) is 5.82 Å². The monoisotopic (exact) mass is 195 g/mol. The first-order valence-electron chi connectivity index (χ1n) is 5.20. The Labute approximate surface area is 85.3 Å². The third-order valence-corrected chi connectivity index (χ3v) is 2.36. The molecule has 0 amide bonds. The molecule has 14 heavy (non-hydrogen) atoms. The van der Waals surface area contributed by atoms with Crippen molar-refractivity contribution in [1.29, 1.82) is 0 Å². The molecule has 2 rings (SSSR count). The van der Waals surface area contributed by atoms with Crippen molar-refractivity contribution in [2.45, 2.75) is 19.8 Å². The highest BCUT2D eigenvalue weighted by molar-refractivity contribution is 5.02. The van der Waals surface area contributed by atoms with Crippen molar-refractivity contribution >= 4 is 0 Å². The van der Waals surface area contributed by atoms with Gasteiger partial charge in [-0.25, -0.2) is 4.39 Å². The average molecular weight is 195 g/mol.